The standard InChI is InChI=1S/C36H36ClF3N10O7/c37-23-5-3-22(4-6-23)35(12-13-35)49-33-46-32(47-34(48-33)57-20-36(38,39)40)44-24-7-1-21(2-8-24)28(51)45-26(31(54)55)11-14-41-29(52)30(53)43-25-9-10-27(42-19-25)50-15-17-56-18-16-50/h1-10,19,26H,11-18,20H2,(H,41,52)(H,43,53)(H,45,51)(H,54,55)(H2,44,46,47,48,49)/t26-/m0/s1. The van der Waals surface area contributed by atoms with Crippen LogP contribution in [0.25, 0.3) is 0 Å². The van der Waals surface area contributed by atoms with Crippen LogP contribution in [0.1, 0.15) is 35.2 Å². The van der Waals surface area contributed by atoms with Gasteiger partial charge in [0.25, 0.3) is 5.91 Å². The molecule has 0 radical (unpaired) electrons. The van der Waals surface area contributed by atoms with Gasteiger partial charge in [-0.25, -0.2) is 9.78 Å². The average Bonchev–Trinajstić information content (AvgIpc) is 3.97. The fourth-order valence-corrected chi connectivity index (χ4v) is 5.77. The number of benzene rings is 2. The van der Waals surface area contributed by atoms with Crippen LogP contribution in [0.4, 0.5) is 42.3 Å². The maximum atomic E-state index is 13.0. The summed E-state index contributed by atoms with van der Waals surface area (Å²) in [6, 6.07) is 14.0. The minimum atomic E-state index is -4.65. The van der Waals surface area contributed by atoms with E-state index in [4.69, 9.17) is 21.1 Å². The fourth-order valence-electron chi connectivity index (χ4n) is 5.64. The normalized spacial score (nSPS) is 15.1. The first-order valence-electron chi connectivity index (χ1n) is 17.5. The lowest BCUT2D eigenvalue weighted by Gasteiger charge is -2.27. The van der Waals surface area contributed by atoms with Gasteiger partial charge in [0.05, 0.1) is 30.6 Å². The topological polar surface area (TPSA) is 222 Å². The number of nitrogens with one attached hydrogen (secondary N) is 5. The van der Waals surface area contributed by atoms with Crippen LogP contribution in [0.15, 0.2) is 66.9 Å². The van der Waals surface area contributed by atoms with Gasteiger partial charge in [0.15, 0.2) is 6.61 Å². The Balaban J connectivity index is 1.02. The largest absolute Gasteiger partial charge is 0.480 e. The van der Waals surface area contributed by atoms with Crippen LogP contribution in [0.5, 0.6) is 6.01 Å². The molecule has 0 spiro atoms. The number of carbonyl (C=O) groups excluding carboxylic acids is 3. The molecule has 1 saturated heterocycles. The number of hydrogen-bond acceptors (Lipinski definition) is 13. The number of carboxylic acid groups (broad SMARTS) is 1. The Morgan fingerprint density at radius 3 is 2.23 bits per heavy atom. The van der Waals surface area contributed by atoms with E-state index in [1.165, 1.54) is 30.5 Å². The van der Waals surface area contributed by atoms with Crippen LogP contribution in [0, 0.1) is 0 Å². The van der Waals surface area contributed by atoms with Gasteiger partial charge in [-0.3, -0.25) is 14.4 Å². The van der Waals surface area contributed by atoms with E-state index in [1.807, 2.05) is 17.0 Å². The summed E-state index contributed by atoms with van der Waals surface area (Å²) >= 11 is 6.02. The number of aliphatic carboxylic acids is 1. The molecule has 1 atom stereocenters. The predicted octanol–water partition coefficient (Wildman–Crippen LogP) is 3.87. The van der Waals surface area contributed by atoms with Gasteiger partial charge in [0.2, 0.25) is 11.9 Å². The number of ether oxygens (including phenoxy) is 2. The SMILES string of the molecule is O=C(NCC[C@H](NC(=O)c1ccc(Nc2nc(NC3(c4ccc(Cl)cc4)CC3)nc(OCC(F)(F)F)n2)cc1)C(=O)O)C(=O)Nc1ccc(N2CCOCC2)nc1. The third-order valence-electron chi connectivity index (χ3n) is 8.75. The Labute approximate surface area is 327 Å². The first-order chi connectivity index (χ1) is 27.2. The van der Waals surface area contributed by atoms with Crippen molar-refractivity contribution in [2.24, 2.45) is 0 Å². The van der Waals surface area contributed by atoms with Crippen molar-refractivity contribution in [2.45, 2.75) is 37.0 Å². The first-order valence-corrected chi connectivity index (χ1v) is 17.9. The second-order valence-corrected chi connectivity index (χ2v) is 13.4. The van der Waals surface area contributed by atoms with Crippen molar-refractivity contribution in [3.63, 3.8) is 0 Å². The van der Waals surface area contributed by atoms with Crippen molar-refractivity contribution in [3.05, 3.63) is 83.0 Å². The van der Waals surface area contributed by atoms with Crippen molar-refractivity contribution in [1.29, 1.82) is 0 Å². The molecule has 1 aliphatic carbocycles. The van der Waals surface area contributed by atoms with E-state index < -0.39 is 54.1 Å². The van der Waals surface area contributed by atoms with Gasteiger partial charge < -0.3 is 46.1 Å². The van der Waals surface area contributed by atoms with E-state index in [9.17, 15) is 37.5 Å². The molecule has 2 fully saturated rings. The molecule has 1 saturated carbocycles. The van der Waals surface area contributed by atoms with Crippen molar-refractivity contribution in [3.8, 4) is 6.01 Å². The van der Waals surface area contributed by atoms with Crippen LogP contribution in [-0.2, 0) is 24.7 Å². The third-order valence-corrected chi connectivity index (χ3v) is 9.00. The van der Waals surface area contributed by atoms with E-state index in [0.29, 0.717) is 55.7 Å². The molecule has 2 aromatic heterocycles. The molecule has 2 aliphatic rings. The van der Waals surface area contributed by atoms with Gasteiger partial charge in [-0.1, -0.05) is 23.7 Å². The number of alkyl halides is 3. The minimum Gasteiger partial charge on any atom is -0.480 e. The number of morpholine rings is 1. The zero-order valence-electron chi connectivity index (χ0n) is 29.9. The van der Waals surface area contributed by atoms with Crippen molar-refractivity contribution in [1.82, 2.24) is 30.6 Å². The van der Waals surface area contributed by atoms with Gasteiger partial charge in [0.1, 0.15) is 11.9 Å². The Bertz CT molecular complexity index is 2070. The molecule has 17 nitrogen and oxygen atoms in total. The number of pyridine rings is 1. The molecule has 3 amide bonds. The molecule has 21 heteroatoms. The van der Waals surface area contributed by atoms with Gasteiger partial charge in [0, 0.05) is 35.9 Å². The van der Waals surface area contributed by atoms with Crippen molar-refractivity contribution >= 4 is 64.4 Å². The summed E-state index contributed by atoms with van der Waals surface area (Å²) in [7, 11) is 0. The second-order valence-electron chi connectivity index (χ2n) is 13.0. The summed E-state index contributed by atoms with van der Waals surface area (Å²) in [4.78, 5) is 68.3. The molecule has 57 heavy (non-hydrogen) atoms. The Hall–Kier alpha value is -6.28. The number of halogens is 4. The molecule has 1 aliphatic heterocycles. The molecule has 0 bridgehead atoms. The first kappa shape index (κ1) is 40.4. The molecule has 0 unspecified atom stereocenters. The number of amides is 3. The van der Waals surface area contributed by atoms with Gasteiger partial charge in [-0.15, -0.1) is 0 Å². The number of rotatable bonds is 15. The second kappa shape index (κ2) is 17.7. The summed E-state index contributed by atoms with van der Waals surface area (Å²) in [5, 5.41) is 23.4. The lowest BCUT2D eigenvalue weighted by Crippen LogP contribution is -2.44. The van der Waals surface area contributed by atoms with Gasteiger partial charge in [-0.2, -0.15) is 28.1 Å². The summed E-state index contributed by atoms with van der Waals surface area (Å²) < 4.78 is 49.0. The highest BCUT2D eigenvalue weighted by atomic mass is 35.5. The highest BCUT2D eigenvalue weighted by molar-refractivity contribution is 6.39. The number of anilines is 5. The molecule has 300 valence electrons. The number of hydrogen-bond donors (Lipinski definition) is 6. The highest BCUT2D eigenvalue weighted by Gasteiger charge is 2.45. The zero-order valence-corrected chi connectivity index (χ0v) is 30.7. The molecule has 6 N–H and O–H groups in total. The zero-order chi connectivity index (χ0) is 40.6. The van der Waals surface area contributed by atoms with E-state index in [-0.39, 0.29) is 36.1 Å². The van der Waals surface area contributed by atoms with Crippen LogP contribution in [0.3, 0.4) is 0 Å². The van der Waals surface area contributed by atoms with E-state index in [1.54, 1.807) is 24.3 Å². The Kier molecular flexibility index (Phi) is 12.5. The molecular formula is C36H36ClF3N10O7. The quantitative estimate of drug-likeness (QED) is 0.0939. The van der Waals surface area contributed by atoms with Crippen LogP contribution >= 0.6 is 11.6 Å². The fraction of sp³-hybridized carbons (Fsp3) is 0.333. The summed E-state index contributed by atoms with van der Waals surface area (Å²) in [5.41, 5.74) is 0.988. The van der Waals surface area contributed by atoms with Gasteiger partial charge >= 0.3 is 30.0 Å². The van der Waals surface area contributed by atoms with Gasteiger partial charge in [-0.05, 0) is 73.4 Å². The Morgan fingerprint density at radius 2 is 1.60 bits per heavy atom. The van der Waals surface area contributed by atoms with Crippen LogP contribution < -0.4 is 36.2 Å². The summed E-state index contributed by atoms with van der Waals surface area (Å²) in [6.07, 6.45) is -2.08. The lowest BCUT2D eigenvalue weighted by molar-refractivity contribution is -0.154. The summed E-state index contributed by atoms with van der Waals surface area (Å²) in [6.45, 7) is 0.628. The maximum Gasteiger partial charge on any atom is 0.422 e. The molecule has 2 aromatic carbocycles. The lowest BCUT2D eigenvalue weighted by atomic mass is 10.1. The van der Waals surface area contributed by atoms with Crippen molar-refractivity contribution < 1.29 is 46.9 Å². The number of carboxylic acids is 1. The number of carbonyl (C=O) groups is 4. The highest BCUT2D eigenvalue weighted by Crippen LogP contribution is 2.48. The molecule has 6 rings (SSSR count). The molecular weight excluding hydrogens is 777 g/mol. The van der Waals surface area contributed by atoms with E-state index in [0.717, 1.165) is 5.56 Å². The predicted molar refractivity (Wildman–Crippen MR) is 200 cm³/mol. The smallest absolute Gasteiger partial charge is 0.422 e. The Morgan fingerprint density at radius 1 is 0.912 bits per heavy atom. The third kappa shape index (κ3) is 11.4. The monoisotopic (exact) mass is 812 g/mol. The summed E-state index contributed by atoms with van der Waals surface area (Å²) in [5.74, 6) is -3.63. The van der Waals surface area contributed by atoms with Crippen molar-refractivity contribution in [2.75, 3.05) is 60.3 Å². The minimum absolute atomic E-state index is 0.0450. The number of aromatic nitrogens is 4. The van der Waals surface area contributed by atoms with Crippen LogP contribution in [0.2, 0.25) is 5.02 Å². The molecule has 3 heterocycles. The molecule has 4 aromatic rings. The van der Waals surface area contributed by atoms with E-state index in [2.05, 4.69) is 46.5 Å². The average molecular weight is 813 g/mol. The maximum absolute atomic E-state index is 13.0. The number of nitrogens with zero attached hydrogens (tertiary/aromatic N) is 5. The van der Waals surface area contributed by atoms with E-state index >= 15 is 0 Å². The van der Waals surface area contributed by atoms with Crippen LogP contribution in [-0.4, -0.2) is 100 Å².